The zero-order valence-corrected chi connectivity index (χ0v) is 29.1. The lowest BCUT2D eigenvalue weighted by Gasteiger charge is -2.30. The van der Waals surface area contributed by atoms with E-state index in [0.29, 0.717) is 25.8 Å². The molecule has 0 spiro atoms. The molecule has 0 aromatic carbocycles. The molecule has 46 heavy (non-hydrogen) atoms. The number of hydrogen-bond donors (Lipinski definition) is 10. The fraction of sp³-hybridized carbons (Fsp3) is 0.800. The summed E-state index contributed by atoms with van der Waals surface area (Å²) < 4.78 is 0. The largest absolute Gasteiger partial charge is 0.480 e. The second kappa shape index (κ2) is 21.8. The topological polar surface area (TPSA) is 255 Å². The van der Waals surface area contributed by atoms with Crippen LogP contribution in [0.2, 0.25) is 0 Å². The summed E-state index contributed by atoms with van der Waals surface area (Å²) in [6.07, 6.45) is 0.799. The first-order chi connectivity index (χ1) is 21.4. The molecule has 0 aromatic heterocycles. The van der Waals surface area contributed by atoms with Crippen molar-refractivity contribution in [1.29, 1.82) is 0 Å². The first-order valence-electron chi connectivity index (χ1n) is 15.9. The molecule has 15 nitrogen and oxygen atoms in total. The number of hydrogen-bond acceptors (Lipinski definition) is 10. The number of carbonyl (C=O) groups excluding carboxylic acids is 5. The number of carboxylic acid groups (broad SMARTS) is 1. The minimum absolute atomic E-state index is 0.00172. The molecule has 0 saturated heterocycles. The van der Waals surface area contributed by atoms with E-state index >= 15 is 0 Å². The Kier molecular flexibility index (Phi) is 20.4. The van der Waals surface area contributed by atoms with Gasteiger partial charge in [-0.3, -0.25) is 24.0 Å². The van der Waals surface area contributed by atoms with Crippen LogP contribution < -0.4 is 38.1 Å². The molecule has 5 amide bonds. The summed E-state index contributed by atoms with van der Waals surface area (Å²) in [4.78, 5) is 77.3. The first-order valence-corrected chi connectivity index (χ1v) is 16.5. The molecule has 0 unspecified atom stereocenters. The number of unbranched alkanes of at least 4 members (excludes halogenated alkanes) is 1. The SMILES string of the molecule is CC[C@H](C)[C@H](NC(=O)[C@@H](NC(=O)[C@H](CS)NC(=O)[C@H](CCCCN)NC(=O)[C@@H](N)[C@@H](C)O)C(C)C)C(=O)N[C@@H](CC(C)C)C(=O)O. The molecule has 266 valence electrons. The van der Waals surface area contributed by atoms with Gasteiger partial charge in [-0.2, -0.15) is 12.6 Å². The van der Waals surface area contributed by atoms with Gasteiger partial charge >= 0.3 is 5.97 Å². The molecule has 16 heteroatoms. The Hall–Kier alpha value is -2.95. The highest BCUT2D eigenvalue weighted by atomic mass is 32.1. The van der Waals surface area contributed by atoms with Crippen LogP contribution in [-0.4, -0.2) is 100 Å². The van der Waals surface area contributed by atoms with Crippen molar-refractivity contribution in [1.82, 2.24) is 26.6 Å². The summed E-state index contributed by atoms with van der Waals surface area (Å²) in [7, 11) is 0. The Morgan fingerprint density at radius 3 is 1.67 bits per heavy atom. The van der Waals surface area contributed by atoms with Gasteiger partial charge in [-0.1, -0.05) is 48.0 Å². The standard InChI is InChI=1S/C30H57N7O8S/c1-8-17(6)24(29(43)34-20(30(44)45)13-15(2)3)37-28(42)23(16(4)5)36-26(40)21(14-46)35-25(39)19(11-9-10-12-31)33-27(41)22(32)18(7)38/h15-24,38,46H,8-14,31-32H2,1-7H3,(H,33,41)(H,34,43)(H,35,39)(H,36,40)(H,37,42)(H,44,45)/t17-,18+,19-,20-,21-,22-,23-,24-/m0/s1. The molecular formula is C30H57N7O8S. The van der Waals surface area contributed by atoms with E-state index in [-0.39, 0.29) is 30.4 Å². The van der Waals surface area contributed by atoms with Gasteiger partial charge in [0, 0.05) is 5.75 Å². The average molecular weight is 676 g/mol. The fourth-order valence-corrected chi connectivity index (χ4v) is 4.66. The van der Waals surface area contributed by atoms with Crippen LogP contribution >= 0.6 is 12.6 Å². The van der Waals surface area contributed by atoms with Crippen LogP contribution in [-0.2, 0) is 28.8 Å². The highest BCUT2D eigenvalue weighted by Crippen LogP contribution is 2.13. The monoisotopic (exact) mass is 675 g/mol. The van der Waals surface area contributed by atoms with Gasteiger partial charge in [-0.15, -0.1) is 0 Å². The molecule has 0 saturated carbocycles. The highest BCUT2D eigenvalue weighted by Gasteiger charge is 2.35. The van der Waals surface area contributed by atoms with Gasteiger partial charge < -0.3 is 48.3 Å². The van der Waals surface area contributed by atoms with Gasteiger partial charge in [0.2, 0.25) is 29.5 Å². The number of nitrogens with two attached hydrogens (primary N) is 2. The van der Waals surface area contributed by atoms with Gasteiger partial charge in [0.15, 0.2) is 0 Å². The lowest BCUT2D eigenvalue weighted by Crippen LogP contribution is -2.61. The van der Waals surface area contributed by atoms with Crippen molar-refractivity contribution in [3.05, 3.63) is 0 Å². The van der Waals surface area contributed by atoms with E-state index in [1.165, 1.54) is 6.92 Å². The second-order valence-corrected chi connectivity index (χ2v) is 12.9. The maximum atomic E-state index is 13.5. The minimum Gasteiger partial charge on any atom is -0.480 e. The summed E-state index contributed by atoms with van der Waals surface area (Å²) in [6, 6.07) is -6.89. The van der Waals surface area contributed by atoms with Crippen molar-refractivity contribution in [3.8, 4) is 0 Å². The van der Waals surface area contributed by atoms with E-state index in [0.717, 1.165) is 0 Å². The van der Waals surface area contributed by atoms with Gasteiger partial charge in [-0.25, -0.2) is 4.79 Å². The van der Waals surface area contributed by atoms with E-state index < -0.39 is 83.8 Å². The molecule has 0 fully saturated rings. The van der Waals surface area contributed by atoms with Crippen molar-refractivity contribution in [2.24, 2.45) is 29.2 Å². The Bertz CT molecular complexity index is 1010. The predicted octanol–water partition coefficient (Wildman–Crippen LogP) is -0.990. The third-order valence-corrected chi connectivity index (χ3v) is 7.94. The first kappa shape index (κ1) is 43.0. The van der Waals surface area contributed by atoms with E-state index in [4.69, 9.17) is 11.5 Å². The number of rotatable bonds is 22. The van der Waals surface area contributed by atoms with Crippen molar-refractivity contribution in [2.45, 2.75) is 123 Å². The number of aliphatic hydroxyl groups excluding tert-OH is 1. The summed E-state index contributed by atoms with van der Waals surface area (Å²) in [5.41, 5.74) is 11.3. The lowest BCUT2D eigenvalue weighted by molar-refractivity contribution is -0.143. The molecule has 0 radical (unpaired) electrons. The summed E-state index contributed by atoms with van der Waals surface area (Å²) in [5.74, 6) is -5.62. The third kappa shape index (κ3) is 15.1. The van der Waals surface area contributed by atoms with Gasteiger partial charge in [-0.05, 0) is 56.9 Å². The number of amides is 5. The number of aliphatic carboxylic acids is 1. The number of carboxylic acids is 1. The van der Waals surface area contributed by atoms with Crippen molar-refractivity contribution in [3.63, 3.8) is 0 Å². The Balaban J connectivity index is 5.84. The van der Waals surface area contributed by atoms with Crippen LogP contribution in [0.3, 0.4) is 0 Å². The smallest absolute Gasteiger partial charge is 0.326 e. The molecule has 0 heterocycles. The van der Waals surface area contributed by atoms with Gasteiger partial charge in [0.05, 0.1) is 6.10 Å². The molecular weight excluding hydrogens is 618 g/mol. The lowest BCUT2D eigenvalue weighted by atomic mass is 9.95. The Labute approximate surface area is 277 Å². The van der Waals surface area contributed by atoms with E-state index in [2.05, 4.69) is 39.2 Å². The summed E-state index contributed by atoms with van der Waals surface area (Å²) in [6.45, 7) is 12.3. The van der Waals surface area contributed by atoms with Crippen LogP contribution in [0.25, 0.3) is 0 Å². The van der Waals surface area contributed by atoms with E-state index in [1.54, 1.807) is 20.8 Å². The van der Waals surface area contributed by atoms with Crippen LogP contribution in [0.15, 0.2) is 0 Å². The third-order valence-electron chi connectivity index (χ3n) is 7.58. The van der Waals surface area contributed by atoms with Crippen molar-refractivity contribution >= 4 is 48.1 Å². The molecule has 8 atom stereocenters. The maximum Gasteiger partial charge on any atom is 0.326 e. The van der Waals surface area contributed by atoms with E-state index in [9.17, 15) is 39.0 Å². The van der Waals surface area contributed by atoms with Gasteiger partial charge in [0.1, 0.15) is 36.3 Å². The molecule has 0 aromatic rings. The number of thiol groups is 1. The van der Waals surface area contributed by atoms with Gasteiger partial charge in [0.25, 0.3) is 0 Å². The second-order valence-electron chi connectivity index (χ2n) is 12.5. The molecule has 11 N–H and O–H groups in total. The molecule has 0 aliphatic heterocycles. The van der Waals surface area contributed by atoms with Crippen LogP contribution in [0, 0.1) is 17.8 Å². The summed E-state index contributed by atoms with van der Waals surface area (Å²) >= 11 is 4.20. The zero-order chi connectivity index (χ0) is 35.7. The number of carbonyl (C=O) groups is 6. The Morgan fingerprint density at radius 1 is 0.717 bits per heavy atom. The maximum absolute atomic E-state index is 13.5. The van der Waals surface area contributed by atoms with Crippen molar-refractivity contribution < 1.29 is 39.0 Å². The number of aliphatic hydroxyl groups is 1. The molecule has 0 bridgehead atoms. The van der Waals surface area contributed by atoms with Crippen LogP contribution in [0.1, 0.15) is 80.6 Å². The van der Waals surface area contributed by atoms with E-state index in [1.807, 2.05) is 20.8 Å². The quantitative estimate of drug-likeness (QED) is 0.0495. The molecule has 0 rings (SSSR count). The number of nitrogens with one attached hydrogen (secondary N) is 5. The molecule has 0 aliphatic rings. The summed E-state index contributed by atoms with van der Waals surface area (Å²) in [5, 5.41) is 32.1. The Morgan fingerprint density at radius 2 is 1.22 bits per heavy atom. The minimum atomic E-state index is -1.27. The zero-order valence-electron chi connectivity index (χ0n) is 28.2. The van der Waals surface area contributed by atoms with Crippen molar-refractivity contribution in [2.75, 3.05) is 12.3 Å². The average Bonchev–Trinajstić information content (AvgIpc) is 2.98. The molecule has 0 aliphatic carbocycles. The van der Waals surface area contributed by atoms with Crippen LogP contribution in [0.5, 0.6) is 0 Å². The normalized spacial score (nSPS) is 16.6. The predicted molar refractivity (Wildman–Crippen MR) is 177 cm³/mol. The fourth-order valence-electron chi connectivity index (χ4n) is 4.40. The highest BCUT2D eigenvalue weighted by molar-refractivity contribution is 7.80. The van der Waals surface area contributed by atoms with Crippen LogP contribution in [0.4, 0.5) is 0 Å².